The summed E-state index contributed by atoms with van der Waals surface area (Å²) in [6.07, 6.45) is 0. The van der Waals surface area contributed by atoms with E-state index < -0.39 is 17.7 Å². The third-order valence-corrected chi connectivity index (χ3v) is 5.44. The molecule has 1 amide bonds. The van der Waals surface area contributed by atoms with Crippen LogP contribution < -0.4 is 14.4 Å². The molecule has 2 N–H and O–H groups in total. The molecule has 1 saturated heterocycles. The van der Waals surface area contributed by atoms with Crippen LogP contribution in [0.1, 0.15) is 24.1 Å². The minimum Gasteiger partial charge on any atom is -0.507 e. The van der Waals surface area contributed by atoms with Gasteiger partial charge in [0.1, 0.15) is 11.5 Å². The fraction of sp³-hybridized carbons (Fsp3) is 0.154. The molecule has 7 heteroatoms. The maximum Gasteiger partial charge on any atom is 0.300 e. The van der Waals surface area contributed by atoms with Crippen LogP contribution in [0.4, 0.5) is 5.69 Å². The van der Waals surface area contributed by atoms with Gasteiger partial charge in [0.2, 0.25) is 0 Å². The third kappa shape index (κ3) is 4.01. The van der Waals surface area contributed by atoms with Crippen LogP contribution in [0.25, 0.3) is 5.76 Å². The summed E-state index contributed by atoms with van der Waals surface area (Å²) in [6, 6.07) is 19.0. The zero-order valence-electron chi connectivity index (χ0n) is 18.2. The number of carbonyl (C=O) groups is 2. The van der Waals surface area contributed by atoms with Gasteiger partial charge in [-0.2, -0.15) is 0 Å². The molecule has 0 bridgehead atoms. The number of amides is 1. The minimum absolute atomic E-state index is 0.0483. The zero-order valence-corrected chi connectivity index (χ0v) is 18.2. The smallest absolute Gasteiger partial charge is 0.300 e. The van der Waals surface area contributed by atoms with Crippen molar-refractivity contribution < 1.29 is 29.3 Å². The van der Waals surface area contributed by atoms with Crippen molar-refractivity contribution in [3.05, 3.63) is 89.5 Å². The van der Waals surface area contributed by atoms with Crippen LogP contribution in [0, 0.1) is 0 Å². The highest BCUT2D eigenvalue weighted by Crippen LogP contribution is 2.44. The number of aliphatic hydroxyl groups excluding tert-OH is 1. The van der Waals surface area contributed by atoms with E-state index in [-0.39, 0.29) is 22.8 Å². The van der Waals surface area contributed by atoms with Crippen molar-refractivity contribution >= 4 is 23.1 Å². The summed E-state index contributed by atoms with van der Waals surface area (Å²) in [7, 11) is 1.41. The average molecular weight is 445 g/mol. The molecule has 0 spiro atoms. The number of phenolic OH excluding ortho intramolecular Hbond substituents is 1. The van der Waals surface area contributed by atoms with Crippen LogP contribution in [0.15, 0.2) is 78.4 Å². The fourth-order valence-electron chi connectivity index (χ4n) is 3.90. The van der Waals surface area contributed by atoms with Crippen molar-refractivity contribution in [1.29, 1.82) is 0 Å². The third-order valence-electron chi connectivity index (χ3n) is 5.44. The second-order valence-corrected chi connectivity index (χ2v) is 7.39. The van der Waals surface area contributed by atoms with Gasteiger partial charge in [-0.05, 0) is 48.9 Å². The molecule has 33 heavy (non-hydrogen) atoms. The number of methoxy groups -OCH3 is 1. The highest BCUT2D eigenvalue weighted by molar-refractivity contribution is 6.51. The number of phenols is 1. The van der Waals surface area contributed by atoms with E-state index in [1.54, 1.807) is 66.7 Å². The number of ether oxygens (including phenoxy) is 2. The zero-order chi connectivity index (χ0) is 23.5. The van der Waals surface area contributed by atoms with Gasteiger partial charge in [-0.25, -0.2) is 0 Å². The van der Waals surface area contributed by atoms with Crippen molar-refractivity contribution in [2.75, 3.05) is 18.6 Å². The molecule has 1 heterocycles. The molecule has 7 nitrogen and oxygen atoms in total. The number of aliphatic hydroxyl groups is 1. The molecule has 168 valence electrons. The van der Waals surface area contributed by atoms with E-state index in [2.05, 4.69) is 0 Å². The molecule has 1 aliphatic rings. The topological polar surface area (TPSA) is 96.3 Å². The first kappa shape index (κ1) is 22.0. The minimum atomic E-state index is -0.933. The number of aromatic hydroxyl groups is 1. The molecule has 4 rings (SSSR count). The SMILES string of the molecule is CCOc1ccc(N2C(=O)C(=O)/C(=C(/O)c3ccccc3)C2c2ccc(O)c(OC)c2)cc1. The Morgan fingerprint density at radius 2 is 1.70 bits per heavy atom. The Labute approximate surface area is 191 Å². The van der Waals surface area contributed by atoms with E-state index >= 15 is 0 Å². The van der Waals surface area contributed by atoms with Crippen LogP contribution >= 0.6 is 0 Å². The number of carbonyl (C=O) groups excluding carboxylic acids is 2. The molecule has 3 aromatic carbocycles. The van der Waals surface area contributed by atoms with Gasteiger partial charge in [-0.15, -0.1) is 0 Å². The molecule has 0 saturated carbocycles. The van der Waals surface area contributed by atoms with Gasteiger partial charge in [0.25, 0.3) is 11.7 Å². The second kappa shape index (κ2) is 9.08. The van der Waals surface area contributed by atoms with Crippen LogP contribution in [0.5, 0.6) is 17.2 Å². The summed E-state index contributed by atoms with van der Waals surface area (Å²) in [5.41, 5.74) is 1.32. The Balaban J connectivity index is 1.92. The van der Waals surface area contributed by atoms with Crippen molar-refractivity contribution in [1.82, 2.24) is 0 Å². The number of nitrogens with zero attached hydrogens (tertiary/aromatic N) is 1. The first-order valence-corrected chi connectivity index (χ1v) is 10.4. The van der Waals surface area contributed by atoms with Crippen LogP contribution in [0.2, 0.25) is 0 Å². The van der Waals surface area contributed by atoms with E-state index in [4.69, 9.17) is 9.47 Å². The Kier molecular flexibility index (Phi) is 6.04. The van der Waals surface area contributed by atoms with Crippen molar-refractivity contribution in [2.45, 2.75) is 13.0 Å². The summed E-state index contributed by atoms with van der Waals surface area (Å²) >= 11 is 0. The van der Waals surface area contributed by atoms with Gasteiger partial charge in [-0.1, -0.05) is 36.4 Å². The van der Waals surface area contributed by atoms with Gasteiger partial charge in [0.15, 0.2) is 11.5 Å². The monoisotopic (exact) mass is 445 g/mol. The second-order valence-electron chi connectivity index (χ2n) is 7.39. The number of rotatable bonds is 6. The molecule has 0 aliphatic carbocycles. The van der Waals surface area contributed by atoms with Gasteiger partial charge in [-0.3, -0.25) is 14.5 Å². The molecule has 0 radical (unpaired) electrons. The number of ketones is 1. The van der Waals surface area contributed by atoms with Crippen LogP contribution in [0.3, 0.4) is 0 Å². The average Bonchev–Trinajstić information content (AvgIpc) is 3.10. The van der Waals surface area contributed by atoms with E-state index in [9.17, 15) is 19.8 Å². The Morgan fingerprint density at radius 1 is 1.00 bits per heavy atom. The predicted octanol–water partition coefficient (Wildman–Crippen LogP) is 4.43. The van der Waals surface area contributed by atoms with E-state index in [1.807, 2.05) is 6.92 Å². The first-order valence-electron chi connectivity index (χ1n) is 10.4. The van der Waals surface area contributed by atoms with Gasteiger partial charge in [0, 0.05) is 11.3 Å². The van der Waals surface area contributed by atoms with Crippen molar-refractivity contribution in [3.8, 4) is 17.2 Å². The normalized spacial score (nSPS) is 17.3. The molecule has 1 unspecified atom stereocenters. The van der Waals surface area contributed by atoms with Crippen LogP contribution in [-0.4, -0.2) is 35.6 Å². The lowest BCUT2D eigenvalue weighted by Crippen LogP contribution is -2.29. The molecule has 3 aromatic rings. The number of benzene rings is 3. The predicted molar refractivity (Wildman–Crippen MR) is 123 cm³/mol. The first-order chi connectivity index (χ1) is 16.0. The molecule has 1 atom stereocenters. The molecule has 1 fully saturated rings. The summed E-state index contributed by atoms with van der Waals surface area (Å²) < 4.78 is 10.7. The maximum atomic E-state index is 13.2. The van der Waals surface area contributed by atoms with Crippen molar-refractivity contribution in [3.63, 3.8) is 0 Å². The Hall–Kier alpha value is -4.26. The van der Waals surface area contributed by atoms with Crippen molar-refractivity contribution in [2.24, 2.45) is 0 Å². The Morgan fingerprint density at radius 3 is 2.33 bits per heavy atom. The van der Waals surface area contributed by atoms with E-state index in [1.165, 1.54) is 18.1 Å². The number of anilines is 1. The molecule has 1 aliphatic heterocycles. The fourth-order valence-corrected chi connectivity index (χ4v) is 3.90. The van der Waals surface area contributed by atoms with Crippen LogP contribution in [-0.2, 0) is 9.59 Å². The standard InChI is InChI=1S/C26H23NO6/c1-3-33-19-12-10-18(11-13-19)27-23(17-9-14-20(28)21(15-17)32-2)22(25(30)26(27)31)24(29)16-7-5-4-6-8-16/h4-15,23,28-29H,3H2,1-2H3/b24-22+. The lowest BCUT2D eigenvalue weighted by atomic mass is 9.95. The molecular weight excluding hydrogens is 422 g/mol. The number of hydrogen-bond acceptors (Lipinski definition) is 6. The quantitative estimate of drug-likeness (QED) is 0.331. The summed E-state index contributed by atoms with van der Waals surface area (Å²) in [4.78, 5) is 27.7. The van der Waals surface area contributed by atoms with E-state index in [0.717, 1.165) is 0 Å². The number of hydrogen-bond donors (Lipinski definition) is 2. The van der Waals surface area contributed by atoms with E-state index in [0.29, 0.717) is 29.2 Å². The highest BCUT2D eigenvalue weighted by Gasteiger charge is 2.47. The Bertz CT molecular complexity index is 1220. The summed E-state index contributed by atoms with van der Waals surface area (Å²) in [5.74, 6) is -1.12. The largest absolute Gasteiger partial charge is 0.507 e. The highest BCUT2D eigenvalue weighted by atomic mass is 16.5. The summed E-state index contributed by atoms with van der Waals surface area (Å²) in [5, 5.41) is 21.1. The summed E-state index contributed by atoms with van der Waals surface area (Å²) in [6.45, 7) is 2.36. The number of Topliss-reactive ketones (excluding diaryl/α,β-unsaturated/α-hetero) is 1. The lowest BCUT2D eigenvalue weighted by Gasteiger charge is -2.26. The van der Waals surface area contributed by atoms with Gasteiger partial charge >= 0.3 is 0 Å². The maximum absolute atomic E-state index is 13.2. The lowest BCUT2D eigenvalue weighted by molar-refractivity contribution is -0.132. The molecule has 0 aromatic heterocycles. The van der Waals surface area contributed by atoms with Gasteiger partial charge < -0.3 is 19.7 Å². The van der Waals surface area contributed by atoms with Gasteiger partial charge in [0.05, 0.1) is 25.3 Å². The molecular formula is C26H23NO6.